The molecule has 20 heavy (non-hydrogen) atoms. The van der Waals surface area contributed by atoms with Crippen LogP contribution < -0.4 is 5.32 Å². The van der Waals surface area contributed by atoms with Gasteiger partial charge in [-0.2, -0.15) is 0 Å². The number of hydrogen-bond acceptors (Lipinski definition) is 2. The smallest absolute Gasteiger partial charge is 0.244 e. The Morgan fingerprint density at radius 1 is 1.10 bits per heavy atom. The summed E-state index contributed by atoms with van der Waals surface area (Å²) in [4.78, 5) is 14.9. The van der Waals surface area contributed by atoms with Gasteiger partial charge < -0.3 is 4.90 Å². The van der Waals surface area contributed by atoms with E-state index in [2.05, 4.69) is 26.1 Å². The SMILES string of the molecule is CC(C)(C)NC(C(=O)N1CCCCC1)c1ccccc1. The largest absolute Gasteiger partial charge is 0.341 e. The third-order valence-electron chi connectivity index (χ3n) is 3.62. The van der Waals surface area contributed by atoms with Crippen molar-refractivity contribution in [3.8, 4) is 0 Å². The predicted molar refractivity (Wildman–Crippen MR) is 82.5 cm³/mol. The summed E-state index contributed by atoms with van der Waals surface area (Å²) in [5.74, 6) is 0.214. The van der Waals surface area contributed by atoms with E-state index in [9.17, 15) is 4.79 Å². The van der Waals surface area contributed by atoms with Crippen LogP contribution in [0.2, 0.25) is 0 Å². The Hall–Kier alpha value is -1.35. The van der Waals surface area contributed by atoms with Gasteiger partial charge in [-0.15, -0.1) is 0 Å². The lowest BCUT2D eigenvalue weighted by molar-refractivity contribution is -0.135. The van der Waals surface area contributed by atoms with E-state index in [1.54, 1.807) is 0 Å². The van der Waals surface area contributed by atoms with Crippen molar-refractivity contribution in [3.05, 3.63) is 35.9 Å². The summed E-state index contributed by atoms with van der Waals surface area (Å²) in [5, 5.41) is 3.48. The summed E-state index contributed by atoms with van der Waals surface area (Å²) in [6.45, 7) is 8.10. The molecule has 3 heteroatoms. The number of carbonyl (C=O) groups is 1. The van der Waals surface area contributed by atoms with Gasteiger partial charge in [0.25, 0.3) is 0 Å². The minimum absolute atomic E-state index is 0.0913. The van der Waals surface area contributed by atoms with Gasteiger partial charge in [-0.25, -0.2) is 0 Å². The number of rotatable bonds is 3. The average Bonchev–Trinajstić information content (AvgIpc) is 2.45. The number of nitrogens with zero attached hydrogens (tertiary/aromatic N) is 1. The van der Waals surface area contributed by atoms with Crippen molar-refractivity contribution in [2.45, 2.75) is 51.6 Å². The molecule has 1 fully saturated rings. The fourth-order valence-corrected chi connectivity index (χ4v) is 2.66. The van der Waals surface area contributed by atoms with Crippen molar-refractivity contribution in [3.63, 3.8) is 0 Å². The Balaban J connectivity index is 2.19. The summed E-state index contributed by atoms with van der Waals surface area (Å²) in [6, 6.07) is 9.81. The molecule has 3 nitrogen and oxygen atoms in total. The lowest BCUT2D eigenvalue weighted by Crippen LogP contribution is -2.48. The molecule has 1 aromatic rings. The van der Waals surface area contributed by atoms with Crippen LogP contribution in [-0.2, 0) is 4.79 Å². The van der Waals surface area contributed by atoms with Crippen molar-refractivity contribution in [1.29, 1.82) is 0 Å². The van der Waals surface area contributed by atoms with Gasteiger partial charge in [0.15, 0.2) is 0 Å². The average molecular weight is 274 g/mol. The van der Waals surface area contributed by atoms with E-state index < -0.39 is 0 Å². The Bertz CT molecular complexity index is 430. The summed E-state index contributed by atoms with van der Waals surface area (Å²) >= 11 is 0. The standard InChI is InChI=1S/C17H26N2O/c1-17(2,3)18-15(14-10-6-4-7-11-14)16(20)19-12-8-5-9-13-19/h4,6-7,10-11,15,18H,5,8-9,12-13H2,1-3H3. The Morgan fingerprint density at radius 2 is 1.70 bits per heavy atom. The molecule has 1 N–H and O–H groups in total. The maximum Gasteiger partial charge on any atom is 0.244 e. The molecular weight excluding hydrogens is 248 g/mol. The highest BCUT2D eigenvalue weighted by Crippen LogP contribution is 2.21. The normalized spacial score (nSPS) is 17.9. The van der Waals surface area contributed by atoms with Crippen LogP contribution in [0, 0.1) is 0 Å². The van der Waals surface area contributed by atoms with Crippen LogP contribution in [0.25, 0.3) is 0 Å². The van der Waals surface area contributed by atoms with Gasteiger partial charge in [-0.1, -0.05) is 30.3 Å². The first kappa shape index (κ1) is 15.0. The van der Waals surface area contributed by atoms with E-state index >= 15 is 0 Å². The van der Waals surface area contributed by atoms with Crippen LogP contribution >= 0.6 is 0 Å². The van der Waals surface area contributed by atoms with Crippen molar-refractivity contribution in [2.75, 3.05) is 13.1 Å². The van der Waals surface area contributed by atoms with Crippen molar-refractivity contribution in [2.24, 2.45) is 0 Å². The second-order valence-corrected chi connectivity index (χ2v) is 6.62. The summed E-state index contributed by atoms with van der Waals surface area (Å²) in [7, 11) is 0. The third-order valence-corrected chi connectivity index (χ3v) is 3.62. The molecule has 1 heterocycles. The Kier molecular flexibility index (Phi) is 4.81. The molecule has 1 aliphatic heterocycles. The molecule has 110 valence electrons. The van der Waals surface area contributed by atoms with Crippen LogP contribution in [-0.4, -0.2) is 29.4 Å². The lowest BCUT2D eigenvalue weighted by atomic mass is 9.99. The lowest BCUT2D eigenvalue weighted by Gasteiger charge is -2.34. The molecule has 1 atom stereocenters. The van der Waals surface area contributed by atoms with E-state index in [0.29, 0.717) is 0 Å². The second-order valence-electron chi connectivity index (χ2n) is 6.62. The summed E-state index contributed by atoms with van der Waals surface area (Å²) < 4.78 is 0. The molecule has 1 aromatic carbocycles. The number of nitrogens with one attached hydrogen (secondary N) is 1. The maximum atomic E-state index is 12.8. The molecule has 0 saturated carbocycles. The monoisotopic (exact) mass is 274 g/mol. The molecule has 0 bridgehead atoms. The number of benzene rings is 1. The zero-order chi connectivity index (χ0) is 14.6. The number of piperidine rings is 1. The van der Waals surface area contributed by atoms with Gasteiger partial charge in [-0.05, 0) is 45.6 Å². The van der Waals surface area contributed by atoms with Crippen molar-refractivity contribution in [1.82, 2.24) is 10.2 Å². The minimum Gasteiger partial charge on any atom is -0.341 e. The molecule has 1 amide bonds. The van der Waals surface area contributed by atoms with E-state index in [0.717, 1.165) is 31.5 Å². The molecule has 1 aliphatic rings. The van der Waals surface area contributed by atoms with E-state index in [-0.39, 0.29) is 17.5 Å². The third kappa shape index (κ3) is 4.07. The fourth-order valence-electron chi connectivity index (χ4n) is 2.66. The Labute approximate surface area is 122 Å². The molecule has 0 aliphatic carbocycles. The van der Waals surface area contributed by atoms with Gasteiger partial charge in [0, 0.05) is 18.6 Å². The van der Waals surface area contributed by atoms with Gasteiger partial charge in [0.2, 0.25) is 5.91 Å². The maximum absolute atomic E-state index is 12.8. The summed E-state index contributed by atoms with van der Waals surface area (Å²) in [5.41, 5.74) is 0.962. The first-order valence-electron chi connectivity index (χ1n) is 7.59. The van der Waals surface area contributed by atoms with Crippen LogP contribution in [0.5, 0.6) is 0 Å². The Morgan fingerprint density at radius 3 is 2.25 bits per heavy atom. The molecule has 2 rings (SSSR count). The molecule has 1 unspecified atom stereocenters. The van der Waals surface area contributed by atoms with E-state index in [4.69, 9.17) is 0 Å². The predicted octanol–water partition coefficient (Wildman–Crippen LogP) is 3.13. The zero-order valence-corrected chi connectivity index (χ0v) is 12.9. The fraction of sp³-hybridized carbons (Fsp3) is 0.588. The molecule has 0 radical (unpaired) electrons. The number of amides is 1. The molecule has 0 aromatic heterocycles. The molecular formula is C17H26N2O. The number of hydrogen-bond donors (Lipinski definition) is 1. The number of carbonyl (C=O) groups excluding carboxylic acids is 1. The number of likely N-dealkylation sites (tertiary alicyclic amines) is 1. The van der Waals surface area contributed by atoms with E-state index in [1.807, 2.05) is 35.2 Å². The topological polar surface area (TPSA) is 32.3 Å². The van der Waals surface area contributed by atoms with Crippen LogP contribution in [0.1, 0.15) is 51.6 Å². The highest BCUT2D eigenvalue weighted by Gasteiger charge is 2.29. The first-order valence-corrected chi connectivity index (χ1v) is 7.59. The highest BCUT2D eigenvalue weighted by atomic mass is 16.2. The summed E-state index contributed by atoms with van der Waals surface area (Å²) in [6.07, 6.45) is 3.50. The first-order chi connectivity index (χ1) is 9.47. The molecule has 1 saturated heterocycles. The van der Waals surface area contributed by atoms with Crippen LogP contribution in [0.4, 0.5) is 0 Å². The minimum atomic E-state index is -0.241. The second kappa shape index (κ2) is 6.40. The van der Waals surface area contributed by atoms with Crippen molar-refractivity contribution < 1.29 is 4.79 Å². The van der Waals surface area contributed by atoms with Gasteiger partial charge in [0.1, 0.15) is 6.04 Å². The van der Waals surface area contributed by atoms with Crippen LogP contribution in [0.3, 0.4) is 0 Å². The quantitative estimate of drug-likeness (QED) is 0.918. The van der Waals surface area contributed by atoms with Crippen molar-refractivity contribution >= 4 is 5.91 Å². The van der Waals surface area contributed by atoms with Gasteiger partial charge in [-0.3, -0.25) is 10.1 Å². The highest BCUT2D eigenvalue weighted by molar-refractivity contribution is 5.83. The van der Waals surface area contributed by atoms with Crippen LogP contribution in [0.15, 0.2) is 30.3 Å². The zero-order valence-electron chi connectivity index (χ0n) is 12.9. The van der Waals surface area contributed by atoms with Gasteiger partial charge in [0.05, 0.1) is 0 Å². The van der Waals surface area contributed by atoms with E-state index in [1.165, 1.54) is 6.42 Å². The molecule has 0 spiro atoms. The van der Waals surface area contributed by atoms with Gasteiger partial charge >= 0.3 is 0 Å².